The first-order valence-electron chi connectivity index (χ1n) is 5.26. The van der Waals surface area contributed by atoms with Gasteiger partial charge in [0.05, 0.1) is 20.6 Å². The minimum Gasteiger partial charge on any atom is -0.261 e. The van der Waals surface area contributed by atoms with Crippen LogP contribution in [0, 0.1) is 0 Å². The van der Waals surface area contributed by atoms with Crippen LogP contribution in [-0.2, 0) is 6.42 Å². The molecule has 0 fully saturated rings. The summed E-state index contributed by atoms with van der Waals surface area (Å²) in [5.74, 6) is 0.973. The molecule has 0 spiro atoms. The van der Waals surface area contributed by atoms with Gasteiger partial charge >= 0.3 is 5.95 Å². The smallest absolute Gasteiger partial charge is 0.261 e. The van der Waals surface area contributed by atoms with Gasteiger partial charge in [-0.2, -0.15) is 4.98 Å². The van der Waals surface area contributed by atoms with E-state index in [9.17, 15) is 0 Å². The van der Waals surface area contributed by atoms with E-state index in [-0.39, 0.29) is 0 Å². The van der Waals surface area contributed by atoms with Crippen molar-refractivity contribution in [2.24, 2.45) is 0 Å². The van der Waals surface area contributed by atoms with E-state index in [1.807, 2.05) is 0 Å². The first kappa shape index (κ1) is 11.6. The summed E-state index contributed by atoms with van der Waals surface area (Å²) in [5, 5.41) is 1.17. The molecule has 80 valence electrons. The molecule has 1 rings (SSSR count). The highest BCUT2D eigenvalue weighted by atomic mass is 32.1. The average Bonchev–Trinajstić information content (AvgIpc) is 2.54. The van der Waals surface area contributed by atoms with Gasteiger partial charge in [-0.1, -0.05) is 13.8 Å². The Morgan fingerprint density at radius 2 is 1.93 bits per heavy atom. The lowest BCUT2D eigenvalue weighted by Gasteiger charge is -2.23. The number of aryl methyl sites for hydroxylation is 1. The molecular formula is C10H20N3S+. The van der Waals surface area contributed by atoms with Gasteiger partial charge in [-0.3, -0.25) is 4.48 Å². The van der Waals surface area contributed by atoms with Gasteiger partial charge in [0.25, 0.3) is 0 Å². The third-order valence-corrected chi connectivity index (χ3v) is 3.01. The van der Waals surface area contributed by atoms with Gasteiger partial charge in [0.1, 0.15) is 5.01 Å². The van der Waals surface area contributed by atoms with Crippen LogP contribution < -0.4 is 4.48 Å². The molecule has 0 N–H and O–H groups in total. The summed E-state index contributed by atoms with van der Waals surface area (Å²) < 4.78 is 5.23. The highest BCUT2D eigenvalue weighted by Gasteiger charge is 2.23. The number of aromatic nitrogens is 2. The van der Waals surface area contributed by atoms with Crippen LogP contribution >= 0.6 is 11.5 Å². The molecule has 0 aliphatic heterocycles. The molecule has 1 aromatic rings. The predicted octanol–water partition coefficient (Wildman–Crippen LogP) is 2.47. The molecule has 1 aromatic heterocycles. The zero-order chi connectivity index (χ0) is 10.6. The van der Waals surface area contributed by atoms with E-state index in [0.717, 1.165) is 36.2 Å². The lowest BCUT2D eigenvalue weighted by molar-refractivity contribution is 0.380. The van der Waals surface area contributed by atoms with Crippen LogP contribution in [0.1, 0.15) is 31.7 Å². The second-order valence-electron chi connectivity index (χ2n) is 4.15. The van der Waals surface area contributed by atoms with E-state index in [4.69, 9.17) is 0 Å². The summed E-state index contributed by atoms with van der Waals surface area (Å²) >= 11 is 1.55. The summed E-state index contributed by atoms with van der Waals surface area (Å²) in [5.41, 5.74) is 0. The Balaban J connectivity index is 2.74. The highest BCUT2D eigenvalue weighted by Crippen LogP contribution is 2.18. The lowest BCUT2D eigenvalue weighted by atomic mass is 10.3. The maximum atomic E-state index is 4.57. The van der Waals surface area contributed by atoms with E-state index >= 15 is 0 Å². The quantitative estimate of drug-likeness (QED) is 0.704. The van der Waals surface area contributed by atoms with E-state index in [1.165, 1.54) is 5.01 Å². The van der Waals surface area contributed by atoms with Gasteiger partial charge < -0.3 is 0 Å². The van der Waals surface area contributed by atoms with Crippen LogP contribution in [0.25, 0.3) is 0 Å². The summed E-state index contributed by atoms with van der Waals surface area (Å²) in [6, 6.07) is 0. The van der Waals surface area contributed by atoms with Gasteiger partial charge in [0.2, 0.25) is 0 Å². The maximum absolute atomic E-state index is 4.57. The Hall–Kier alpha value is -0.480. The highest BCUT2D eigenvalue weighted by molar-refractivity contribution is 7.05. The topological polar surface area (TPSA) is 25.8 Å². The zero-order valence-corrected chi connectivity index (χ0v) is 10.4. The summed E-state index contributed by atoms with van der Waals surface area (Å²) in [6.07, 6.45) is 3.37. The molecule has 0 aliphatic rings. The second-order valence-corrected chi connectivity index (χ2v) is 4.98. The molecular weight excluding hydrogens is 194 g/mol. The van der Waals surface area contributed by atoms with Crippen LogP contribution in [-0.4, -0.2) is 30.0 Å². The molecule has 4 heteroatoms. The Kier molecular flexibility index (Phi) is 4.01. The van der Waals surface area contributed by atoms with E-state index in [0.29, 0.717) is 0 Å². The summed E-state index contributed by atoms with van der Waals surface area (Å²) in [4.78, 5) is 4.57. The van der Waals surface area contributed by atoms with Gasteiger partial charge in [-0.15, -0.1) is 4.37 Å². The summed E-state index contributed by atoms with van der Waals surface area (Å²) in [6.45, 7) is 5.47. The number of hydrogen-bond donors (Lipinski definition) is 0. The van der Waals surface area contributed by atoms with E-state index < -0.39 is 0 Å². The molecule has 0 atom stereocenters. The van der Waals surface area contributed by atoms with E-state index in [1.54, 1.807) is 11.5 Å². The SMILES string of the molecule is CCCc1nc([N+](C)(C)CCC)ns1. The molecule has 1 heterocycles. The van der Waals surface area contributed by atoms with Crippen LogP contribution in [0.5, 0.6) is 0 Å². The van der Waals surface area contributed by atoms with Crippen LogP contribution in [0.4, 0.5) is 5.95 Å². The molecule has 0 aliphatic carbocycles. The Labute approximate surface area is 90.5 Å². The van der Waals surface area contributed by atoms with Crippen molar-refractivity contribution in [3.05, 3.63) is 5.01 Å². The third kappa shape index (κ3) is 2.75. The number of nitrogens with zero attached hydrogens (tertiary/aromatic N) is 3. The van der Waals surface area contributed by atoms with E-state index in [2.05, 4.69) is 37.3 Å². The van der Waals surface area contributed by atoms with Gasteiger partial charge in [-0.05, 0) is 24.4 Å². The third-order valence-electron chi connectivity index (χ3n) is 2.25. The molecule has 0 bridgehead atoms. The Morgan fingerprint density at radius 3 is 2.50 bits per heavy atom. The molecule has 0 radical (unpaired) electrons. The minimum absolute atomic E-state index is 0.802. The van der Waals surface area contributed by atoms with Crippen molar-refractivity contribution >= 4 is 17.5 Å². The summed E-state index contributed by atoms with van der Waals surface area (Å²) in [7, 11) is 4.34. The van der Waals surface area contributed by atoms with Crippen molar-refractivity contribution in [2.75, 3.05) is 20.6 Å². The van der Waals surface area contributed by atoms with Crippen molar-refractivity contribution in [3.63, 3.8) is 0 Å². The molecule has 0 unspecified atom stereocenters. The first-order valence-corrected chi connectivity index (χ1v) is 6.03. The van der Waals surface area contributed by atoms with Crippen molar-refractivity contribution in [1.82, 2.24) is 13.8 Å². The van der Waals surface area contributed by atoms with Gasteiger partial charge in [-0.25, -0.2) is 0 Å². The maximum Gasteiger partial charge on any atom is 0.340 e. The van der Waals surface area contributed by atoms with Crippen molar-refractivity contribution < 1.29 is 0 Å². The zero-order valence-electron chi connectivity index (χ0n) is 9.58. The molecule has 0 saturated heterocycles. The van der Waals surface area contributed by atoms with Crippen LogP contribution in [0.15, 0.2) is 0 Å². The van der Waals surface area contributed by atoms with Crippen LogP contribution in [0.2, 0.25) is 0 Å². The van der Waals surface area contributed by atoms with Crippen molar-refractivity contribution in [1.29, 1.82) is 0 Å². The first-order chi connectivity index (χ1) is 6.60. The standard InChI is InChI=1S/C10H20N3S/c1-5-7-9-11-10(12-14-9)13(3,4)8-6-2/h5-8H2,1-4H3/q+1. The largest absolute Gasteiger partial charge is 0.340 e. The Bertz CT molecular complexity index is 281. The molecule has 14 heavy (non-hydrogen) atoms. The number of hydrogen-bond acceptors (Lipinski definition) is 3. The fourth-order valence-electron chi connectivity index (χ4n) is 1.47. The second kappa shape index (κ2) is 4.84. The molecule has 0 amide bonds. The van der Waals surface area contributed by atoms with Crippen molar-refractivity contribution in [3.8, 4) is 0 Å². The lowest BCUT2D eigenvalue weighted by Crippen LogP contribution is -2.41. The number of rotatable bonds is 5. The molecule has 3 nitrogen and oxygen atoms in total. The normalized spacial score (nSPS) is 12.0. The van der Waals surface area contributed by atoms with Crippen LogP contribution in [0.3, 0.4) is 0 Å². The van der Waals surface area contributed by atoms with Gasteiger partial charge in [0, 0.05) is 6.42 Å². The predicted molar refractivity (Wildman–Crippen MR) is 62.7 cm³/mol. The van der Waals surface area contributed by atoms with Crippen molar-refractivity contribution in [2.45, 2.75) is 33.1 Å². The minimum atomic E-state index is 0.802. The Morgan fingerprint density at radius 1 is 1.21 bits per heavy atom. The van der Waals surface area contributed by atoms with Gasteiger partial charge in [0.15, 0.2) is 0 Å². The number of quaternary nitrogens is 1. The fraction of sp³-hybridized carbons (Fsp3) is 0.800. The average molecular weight is 214 g/mol. The molecule has 0 saturated carbocycles. The fourth-order valence-corrected chi connectivity index (χ4v) is 2.33. The molecule has 0 aromatic carbocycles. The monoisotopic (exact) mass is 214 g/mol.